The van der Waals surface area contributed by atoms with Gasteiger partial charge in [0.1, 0.15) is 17.2 Å². The van der Waals surface area contributed by atoms with Crippen LogP contribution in [0.4, 0.5) is 11.5 Å². The van der Waals surface area contributed by atoms with Crippen molar-refractivity contribution in [2.75, 3.05) is 5.32 Å². The number of aromatic nitrogens is 3. The number of phenols is 1. The van der Waals surface area contributed by atoms with E-state index >= 15 is 0 Å². The second-order valence-corrected chi connectivity index (χ2v) is 5.93. The number of fused-ring (bicyclic) bond motifs is 5. The highest BCUT2D eigenvalue weighted by Gasteiger charge is 2.12. The number of aromatic hydroxyl groups is 1. The molecule has 0 fully saturated rings. The Kier molecular flexibility index (Phi) is 2.87. The number of hydrogen-bond donors (Lipinski definition) is 2. The summed E-state index contributed by atoms with van der Waals surface area (Å²) in [4.78, 5) is 9.10. The van der Waals surface area contributed by atoms with Gasteiger partial charge in [0.2, 0.25) is 0 Å². The van der Waals surface area contributed by atoms with E-state index < -0.39 is 0 Å². The van der Waals surface area contributed by atoms with Crippen molar-refractivity contribution in [3.8, 4) is 5.75 Å². The third-order valence-electron chi connectivity index (χ3n) is 4.32. The average molecular weight is 326 g/mol. The number of rotatable bonds is 2. The van der Waals surface area contributed by atoms with Crippen LogP contribution in [0.2, 0.25) is 0 Å². The molecule has 0 atom stereocenters. The average Bonchev–Trinajstić information content (AvgIpc) is 3.00. The van der Waals surface area contributed by atoms with Gasteiger partial charge in [-0.3, -0.25) is 9.38 Å². The van der Waals surface area contributed by atoms with Crippen molar-refractivity contribution in [1.29, 1.82) is 0 Å². The number of para-hydroxylation sites is 1. The zero-order chi connectivity index (χ0) is 16.8. The van der Waals surface area contributed by atoms with Gasteiger partial charge in [-0.1, -0.05) is 24.3 Å². The van der Waals surface area contributed by atoms with Crippen LogP contribution >= 0.6 is 0 Å². The Morgan fingerprint density at radius 3 is 2.76 bits per heavy atom. The first kappa shape index (κ1) is 13.8. The van der Waals surface area contributed by atoms with Crippen LogP contribution in [0.3, 0.4) is 0 Å². The SMILES string of the molecule is Oc1cccc(Nc2nc3cc4ccccc4n3c3cnccc23)c1. The lowest BCUT2D eigenvalue weighted by Crippen LogP contribution is -1.99. The van der Waals surface area contributed by atoms with E-state index in [9.17, 15) is 5.11 Å². The normalized spacial score (nSPS) is 11.4. The Morgan fingerprint density at radius 2 is 1.84 bits per heavy atom. The molecule has 2 aromatic carbocycles. The van der Waals surface area contributed by atoms with Crippen LogP contribution in [-0.2, 0) is 0 Å². The highest BCUT2D eigenvalue weighted by Crippen LogP contribution is 2.30. The maximum Gasteiger partial charge on any atom is 0.142 e. The Morgan fingerprint density at radius 1 is 0.920 bits per heavy atom. The zero-order valence-corrected chi connectivity index (χ0v) is 13.2. The number of hydrogen-bond acceptors (Lipinski definition) is 4. The van der Waals surface area contributed by atoms with Crippen LogP contribution in [0, 0.1) is 0 Å². The monoisotopic (exact) mass is 326 g/mol. The molecule has 0 saturated heterocycles. The second-order valence-electron chi connectivity index (χ2n) is 5.93. The molecule has 0 radical (unpaired) electrons. The topological polar surface area (TPSA) is 62.5 Å². The molecule has 120 valence electrons. The van der Waals surface area contributed by atoms with Crippen molar-refractivity contribution >= 4 is 39.0 Å². The number of benzene rings is 2. The summed E-state index contributed by atoms with van der Waals surface area (Å²) >= 11 is 0. The molecule has 25 heavy (non-hydrogen) atoms. The summed E-state index contributed by atoms with van der Waals surface area (Å²) in [5, 5.41) is 15.1. The summed E-state index contributed by atoms with van der Waals surface area (Å²) in [7, 11) is 0. The Balaban J connectivity index is 1.82. The third-order valence-corrected chi connectivity index (χ3v) is 4.32. The van der Waals surface area contributed by atoms with E-state index in [1.165, 1.54) is 0 Å². The fourth-order valence-electron chi connectivity index (χ4n) is 3.23. The molecule has 5 rings (SSSR count). The predicted octanol–water partition coefficient (Wildman–Crippen LogP) is 4.48. The van der Waals surface area contributed by atoms with Gasteiger partial charge in [0.05, 0.1) is 17.2 Å². The quantitative estimate of drug-likeness (QED) is 0.502. The van der Waals surface area contributed by atoms with Gasteiger partial charge in [-0.05, 0) is 30.3 Å². The highest BCUT2D eigenvalue weighted by molar-refractivity contribution is 5.98. The van der Waals surface area contributed by atoms with E-state index in [0.29, 0.717) is 0 Å². The molecule has 3 heterocycles. The van der Waals surface area contributed by atoms with Gasteiger partial charge < -0.3 is 10.4 Å². The first-order valence-electron chi connectivity index (χ1n) is 7.99. The molecule has 0 aliphatic heterocycles. The first-order chi connectivity index (χ1) is 12.3. The van der Waals surface area contributed by atoms with Gasteiger partial charge in [-0.2, -0.15) is 0 Å². The fourth-order valence-corrected chi connectivity index (χ4v) is 3.23. The largest absolute Gasteiger partial charge is 0.508 e. The van der Waals surface area contributed by atoms with Crippen LogP contribution in [0.25, 0.3) is 27.5 Å². The summed E-state index contributed by atoms with van der Waals surface area (Å²) in [5.74, 6) is 0.948. The van der Waals surface area contributed by atoms with Crippen molar-refractivity contribution < 1.29 is 5.11 Å². The maximum atomic E-state index is 9.70. The van der Waals surface area contributed by atoms with Gasteiger partial charge in [0.25, 0.3) is 0 Å². The molecule has 0 aliphatic rings. The van der Waals surface area contributed by atoms with Crippen molar-refractivity contribution in [1.82, 2.24) is 14.4 Å². The van der Waals surface area contributed by atoms with Crippen LogP contribution in [0.5, 0.6) is 5.75 Å². The zero-order valence-electron chi connectivity index (χ0n) is 13.2. The lowest BCUT2D eigenvalue weighted by Gasteiger charge is -2.11. The van der Waals surface area contributed by atoms with Crippen molar-refractivity contribution in [2.45, 2.75) is 0 Å². The van der Waals surface area contributed by atoms with E-state index in [1.807, 2.05) is 30.5 Å². The Bertz CT molecular complexity index is 1240. The van der Waals surface area contributed by atoms with E-state index in [1.54, 1.807) is 24.4 Å². The van der Waals surface area contributed by atoms with Crippen molar-refractivity contribution in [3.05, 3.63) is 73.1 Å². The molecular weight excluding hydrogens is 312 g/mol. The van der Waals surface area contributed by atoms with Gasteiger partial charge >= 0.3 is 0 Å². The van der Waals surface area contributed by atoms with Crippen LogP contribution in [0.1, 0.15) is 0 Å². The number of nitrogens with one attached hydrogen (secondary N) is 1. The van der Waals surface area contributed by atoms with Crippen molar-refractivity contribution in [3.63, 3.8) is 0 Å². The number of anilines is 2. The van der Waals surface area contributed by atoms with Crippen molar-refractivity contribution in [2.24, 2.45) is 0 Å². The van der Waals surface area contributed by atoms with Gasteiger partial charge in [0, 0.05) is 28.7 Å². The molecule has 0 saturated carbocycles. The van der Waals surface area contributed by atoms with Gasteiger partial charge in [0.15, 0.2) is 0 Å². The van der Waals surface area contributed by atoms with Crippen LogP contribution < -0.4 is 5.32 Å². The number of nitrogens with zero attached hydrogens (tertiary/aromatic N) is 3. The summed E-state index contributed by atoms with van der Waals surface area (Å²) in [6.07, 6.45) is 3.61. The Labute approximate surface area is 143 Å². The second kappa shape index (κ2) is 5.21. The number of phenolic OH excluding ortho intramolecular Hbond substituents is 1. The maximum absolute atomic E-state index is 9.70. The first-order valence-corrected chi connectivity index (χ1v) is 7.99. The molecule has 0 unspecified atom stereocenters. The predicted molar refractivity (Wildman–Crippen MR) is 99.4 cm³/mol. The van der Waals surface area contributed by atoms with Crippen LogP contribution in [0.15, 0.2) is 73.1 Å². The summed E-state index contributed by atoms with van der Waals surface area (Å²) in [6.45, 7) is 0. The molecule has 3 aromatic heterocycles. The minimum Gasteiger partial charge on any atom is -0.508 e. The smallest absolute Gasteiger partial charge is 0.142 e. The summed E-state index contributed by atoms with van der Waals surface area (Å²) in [5.41, 5.74) is 3.72. The minimum atomic E-state index is 0.213. The van der Waals surface area contributed by atoms with Crippen LogP contribution in [-0.4, -0.2) is 19.5 Å². The molecule has 5 aromatic rings. The molecule has 0 amide bonds. The van der Waals surface area contributed by atoms with E-state index in [2.05, 4.69) is 32.9 Å². The van der Waals surface area contributed by atoms with E-state index in [4.69, 9.17) is 4.98 Å². The molecule has 0 spiro atoms. The lowest BCUT2D eigenvalue weighted by atomic mass is 10.2. The summed E-state index contributed by atoms with van der Waals surface area (Å²) < 4.78 is 2.12. The lowest BCUT2D eigenvalue weighted by molar-refractivity contribution is 0.475. The molecule has 0 aliphatic carbocycles. The highest BCUT2D eigenvalue weighted by atomic mass is 16.3. The van der Waals surface area contributed by atoms with E-state index in [-0.39, 0.29) is 5.75 Å². The molecule has 2 N–H and O–H groups in total. The molecule has 5 nitrogen and oxygen atoms in total. The standard InChI is InChI=1S/C20H14N4O/c25-15-6-3-5-14(11-15)22-20-16-8-9-21-12-18(16)24-17-7-2-1-4-13(17)10-19(24)23-20/h1-12,25H,(H,22,23). The third kappa shape index (κ3) is 2.17. The fraction of sp³-hybridized carbons (Fsp3) is 0. The molecule has 5 heteroatoms. The number of pyridine rings is 1. The minimum absolute atomic E-state index is 0.213. The molecular formula is C20H14N4O. The van der Waals surface area contributed by atoms with Gasteiger partial charge in [-0.15, -0.1) is 0 Å². The van der Waals surface area contributed by atoms with Gasteiger partial charge in [-0.25, -0.2) is 4.98 Å². The molecule has 0 bridgehead atoms. The van der Waals surface area contributed by atoms with E-state index in [0.717, 1.165) is 39.0 Å². The summed E-state index contributed by atoms with van der Waals surface area (Å²) in [6, 6.07) is 19.2. The Hall–Kier alpha value is -3.60.